The van der Waals surface area contributed by atoms with E-state index in [0.717, 1.165) is 5.56 Å². The Morgan fingerprint density at radius 1 is 1.31 bits per heavy atom. The molecule has 0 fully saturated rings. The lowest BCUT2D eigenvalue weighted by Crippen LogP contribution is -2.35. The van der Waals surface area contributed by atoms with Crippen molar-refractivity contribution in [3.63, 3.8) is 0 Å². The summed E-state index contributed by atoms with van der Waals surface area (Å²) in [7, 11) is 0. The summed E-state index contributed by atoms with van der Waals surface area (Å²) in [5, 5.41) is 18.8. The number of hydrogen-bond acceptors (Lipinski definition) is 2. The first-order valence-electron chi connectivity index (χ1n) is 4.46. The van der Waals surface area contributed by atoms with Crippen LogP contribution in [-0.2, 0) is 0 Å². The van der Waals surface area contributed by atoms with Gasteiger partial charge in [-0.1, -0.05) is 37.3 Å². The molecule has 1 aromatic rings. The Kier molecular flexibility index (Phi) is 3.07. The zero-order valence-electron chi connectivity index (χ0n) is 8.07. The molecule has 0 aliphatic heterocycles. The van der Waals surface area contributed by atoms with Gasteiger partial charge in [0.15, 0.2) is 0 Å². The predicted octanol–water partition coefficient (Wildman–Crippen LogP) is 1.53. The van der Waals surface area contributed by atoms with Gasteiger partial charge in [-0.3, -0.25) is 0 Å². The summed E-state index contributed by atoms with van der Waals surface area (Å²) in [6, 6.07) is 9.70. The van der Waals surface area contributed by atoms with E-state index in [9.17, 15) is 5.11 Å². The average Bonchev–Trinajstić information content (AvgIpc) is 2.18. The van der Waals surface area contributed by atoms with Gasteiger partial charge in [-0.15, -0.1) is 0 Å². The number of aliphatic hydroxyl groups excluding tert-OH is 1. The van der Waals surface area contributed by atoms with Crippen molar-refractivity contribution < 1.29 is 10.2 Å². The molecule has 2 heteroatoms. The van der Waals surface area contributed by atoms with Crippen molar-refractivity contribution in [2.24, 2.45) is 0 Å². The normalized spacial score (nSPS) is 17.8. The van der Waals surface area contributed by atoms with E-state index in [1.54, 1.807) is 6.92 Å². The Labute approximate surface area is 78.8 Å². The quantitative estimate of drug-likeness (QED) is 0.740. The maximum absolute atomic E-state index is 9.80. The van der Waals surface area contributed by atoms with Crippen LogP contribution < -0.4 is 0 Å². The van der Waals surface area contributed by atoms with Crippen LogP contribution >= 0.6 is 0 Å². The molecule has 0 heterocycles. The van der Waals surface area contributed by atoms with Gasteiger partial charge in [-0.25, -0.2) is 0 Å². The van der Waals surface area contributed by atoms with E-state index in [1.165, 1.54) is 0 Å². The summed E-state index contributed by atoms with van der Waals surface area (Å²) < 4.78 is 0. The summed E-state index contributed by atoms with van der Waals surface area (Å²) in [5.74, 6) is -0.0568. The van der Waals surface area contributed by atoms with Gasteiger partial charge < -0.3 is 10.2 Å². The van der Waals surface area contributed by atoms with Gasteiger partial charge in [0.05, 0.1) is 12.2 Å². The van der Waals surface area contributed by atoms with Crippen LogP contribution in [0.4, 0.5) is 0 Å². The van der Waals surface area contributed by atoms with E-state index < -0.39 is 5.60 Å². The van der Waals surface area contributed by atoms with Crippen LogP contribution in [0.3, 0.4) is 0 Å². The Morgan fingerprint density at radius 3 is 2.31 bits per heavy atom. The summed E-state index contributed by atoms with van der Waals surface area (Å²) in [6.45, 7) is 3.33. The van der Waals surface area contributed by atoms with E-state index in [-0.39, 0.29) is 12.5 Å². The maximum Gasteiger partial charge on any atom is 0.0914 e. The van der Waals surface area contributed by atoms with Gasteiger partial charge >= 0.3 is 0 Å². The zero-order chi connectivity index (χ0) is 9.90. The first-order valence-corrected chi connectivity index (χ1v) is 4.46. The molecule has 2 unspecified atom stereocenters. The van der Waals surface area contributed by atoms with Gasteiger partial charge in [0, 0.05) is 5.92 Å². The second-order valence-electron chi connectivity index (χ2n) is 3.65. The van der Waals surface area contributed by atoms with Crippen LogP contribution in [0.15, 0.2) is 30.3 Å². The summed E-state index contributed by atoms with van der Waals surface area (Å²) in [6.07, 6.45) is 0. The molecule has 0 saturated heterocycles. The molecule has 0 amide bonds. The first-order chi connectivity index (χ1) is 6.08. The van der Waals surface area contributed by atoms with E-state index in [2.05, 4.69) is 0 Å². The van der Waals surface area contributed by atoms with Crippen molar-refractivity contribution in [1.29, 1.82) is 0 Å². The van der Waals surface area contributed by atoms with E-state index in [1.807, 2.05) is 37.3 Å². The molecule has 0 spiro atoms. The van der Waals surface area contributed by atoms with Crippen molar-refractivity contribution in [2.45, 2.75) is 25.4 Å². The minimum absolute atomic E-state index is 0.0568. The molecule has 1 aromatic carbocycles. The SMILES string of the molecule is CC(c1ccccc1)C(C)(O)CO. The third-order valence-electron chi connectivity index (χ3n) is 2.55. The van der Waals surface area contributed by atoms with Crippen LogP contribution in [0.5, 0.6) is 0 Å². The van der Waals surface area contributed by atoms with Crippen LogP contribution in [0, 0.1) is 0 Å². The molecule has 0 radical (unpaired) electrons. The highest BCUT2D eigenvalue weighted by molar-refractivity contribution is 5.21. The van der Waals surface area contributed by atoms with Crippen molar-refractivity contribution in [3.8, 4) is 0 Å². The average molecular weight is 180 g/mol. The molecule has 0 aliphatic carbocycles. The second-order valence-corrected chi connectivity index (χ2v) is 3.65. The fourth-order valence-electron chi connectivity index (χ4n) is 1.24. The Hall–Kier alpha value is -0.860. The molecule has 13 heavy (non-hydrogen) atoms. The Balaban J connectivity index is 2.85. The predicted molar refractivity (Wildman–Crippen MR) is 52.6 cm³/mol. The number of benzene rings is 1. The monoisotopic (exact) mass is 180 g/mol. The molecule has 0 aromatic heterocycles. The third-order valence-corrected chi connectivity index (χ3v) is 2.55. The molecule has 2 nitrogen and oxygen atoms in total. The molecule has 0 bridgehead atoms. The van der Waals surface area contributed by atoms with Gasteiger partial charge in [0.25, 0.3) is 0 Å². The Morgan fingerprint density at radius 2 is 1.85 bits per heavy atom. The fraction of sp³-hybridized carbons (Fsp3) is 0.455. The highest BCUT2D eigenvalue weighted by Crippen LogP contribution is 2.26. The lowest BCUT2D eigenvalue weighted by atomic mass is 9.85. The molecule has 2 N–H and O–H groups in total. The number of hydrogen-bond donors (Lipinski definition) is 2. The van der Waals surface area contributed by atoms with Gasteiger partial charge in [0.2, 0.25) is 0 Å². The summed E-state index contributed by atoms with van der Waals surface area (Å²) >= 11 is 0. The summed E-state index contributed by atoms with van der Waals surface area (Å²) in [5.41, 5.74) is 0.00278. The van der Waals surface area contributed by atoms with Gasteiger partial charge in [-0.05, 0) is 12.5 Å². The molecule has 0 aliphatic rings. The largest absolute Gasteiger partial charge is 0.393 e. The van der Waals surface area contributed by atoms with Crippen LogP contribution in [0.2, 0.25) is 0 Å². The fourth-order valence-corrected chi connectivity index (χ4v) is 1.24. The van der Waals surface area contributed by atoms with Crippen LogP contribution in [0.25, 0.3) is 0 Å². The van der Waals surface area contributed by atoms with Gasteiger partial charge in [-0.2, -0.15) is 0 Å². The smallest absolute Gasteiger partial charge is 0.0914 e. The lowest BCUT2D eigenvalue weighted by molar-refractivity contribution is -0.0168. The summed E-state index contributed by atoms with van der Waals surface area (Å²) in [4.78, 5) is 0. The minimum Gasteiger partial charge on any atom is -0.393 e. The van der Waals surface area contributed by atoms with Crippen LogP contribution in [0.1, 0.15) is 25.3 Å². The maximum atomic E-state index is 9.80. The van der Waals surface area contributed by atoms with E-state index in [0.29, 0.717) is 0 Å². The molecule has 1 rings (SSSR count). The molecular formula is C11H16O2. The molecule has 2 atom stereocenters. The number of aliphatic hydroxyl groups is 2. The number of rotatable bonds is 3. The zero-order valence-corrected chi connectivity index (χ0v) is 8.07. The standard InChI is InChI=1S/C11H16O2/c1-9(11(2,13)8-12)10-6-4-3-5-7-10/h3-7,9,12-13H,8H2,1-2H3. The van der Waals surface area contributed by atoms with Crippen molar-refractivity contribution in [3.05, 3.63) is 35.9 Å². The van der Waals surface area contributed by atoms with Crippen LogP contribution in [-0.4, -0.2) is 22.4 Å². The van der Waals surface area contributed by atoms with Gasteiger partial charge in [0.1, 0.15) is 0 Å². The molecule has 0 saturated carbocycles. The lowest BCUT2D eigenvalue weighted by Gasteiger charge is -2.28. The molecular weight excluding hydrogens is 164 g/mol. The highest BCUT2D eigenvalue weighted by atomic mass is 16.3. The topological polar surface area (TPSA) is 40.5 Å². The van der Waals surface area contributed by atoms with Crippen molar-refractivity contribution >= 4 is 0 Å². The third kappa shape index (κ3) is 2.29. The molecule has 72 valence electrons. The van der Waals surface area contributed by atoms with E-state index >= 15 is 0 Å². The Bertz CT molecular complexity index is 254. The highest BCUT2D eigenvalue weighted by Gasteiger charge is 2.28. The first kappa shape index (κ1) is 10.2. The second kappa shape index (κ2) is 3.90. The van der Waals surface area contributed by atoms with E-state index in [4.69, 9.17) is 5.11 Å². The van der Waals surface area contributed by atoms with Crippen molar-refractivity contribution in [1.82, 2.24) is 0 Å². The van der Waals surface area contributed by atoms with Crippen molar-refractivity contribution in [2.75, 3.05) is 6.61 Å². The minimum atomic E-state index is -1.04.